The number of halogens is 2. The first-order chi connectivity index (χ1) is 9.84. The van der Waals surface area contributed by atoms with E-state index in [-0.39, 0.29) is 5.75 Å². The summed E-state index contributed by atoms with van der Waals surface area (Å²) in [6.45, 7) is 1.64. The van der Waals surface area contributed by atoms with Crippen LogP contribution in [0.1, 0.15) is 18.9 Å². The lowest BCUT2D eigenvalue weighted by Gasteiger charge is -2.10. The molecule has 0 radical (unpaired) electrons. The monoisotopic (exact) mass is 311 g/mol. The second-order valence-electron chi connectivity index (χ2n) is 4.03. The number of allylic oxidation sites excluding steroid dienone is 1. The van der Waals surface area contributed by atoms with Crippen molar-refractivity contribution in [3.63, 3.8) is 0 Å². The van der Waals surface area contributed by atoms with E-state index in [0.29, 0.717) is 6.42 Å². The number of sulfonamides is 1. The van der Waals surface area contributed by atoms with Gasteiger partial charge in [0.05, 0.1) is 17.0 Å². The van der Waals surface area contributed by atoms with E-state index in [2.05, 4.69) is 0 Å². The number of nitriles is 2. The van der Waals surface area contributed by atoms with Gasteiger partial charge in [0.15, 0.2) is 5.82 Å². The van der Waals surface area contributed by atoms with E-state index < -0.39 is 38.5 Å². The molecule has 1 N–H and O–H groups in total. The maximum Gasteiger partial charge on any atom is 0.232 e. The fourth-order valence-corrected chi connectivity index (χ4v) is 2.63. The fourth-order valence-electron chi connectivity index (χ4n) is 1.50. The summed E-state index contributed by atoms with van der Waals surface area (Å²) in [5.74, 6) is -2.40. The number of nitrogens with one attached hydrogen (secondary N) is 1. The van der Waals surface area contributed by atoms with Crippen LogP contribution in [-0.4, -0.2) is 14.2 Å². The van der Waals surface area contributed by atoms with Gasteiger partial charge in [-0.1, -0.05) is 6.92 Å². The highest BCUT2D eigenvalue weighted by molar-refractivity contribution is 7.92. The maximum atomic E-state index is 14.1. The number of benzene rings is 1. The van der Waals surface area contributed by atoms with Crippen molar-refractivity contribution in [1.82, 2.24) is 0 Å². The second kappa shape index (κ2) is 6.82. The van der Waals surface area contributed by atoms with Gasteiger partial charge < -0.3 is 0 Å². The van der Waals surface area contributed by atoms with Gasteiger partial charge in [0.1, 0.15) is 23.5 Å². The molecule has 0 saturated carbocycles. The van der Waals surface area contributed by atoms with Crippen molar-refractivity contribution >= 4 is 21.8 Å². The van der Waals surface area contributed by atoms with Crippen LogP contribution in [0.3, 0.4) is 0 Å². The summed E-state index contributed by atoms with van der Waals surface area (Å²) >= 11 is 0. The highest BCUT2D eigenvalue weighted by Gasteiger charge is 2.17. The van der Waals surface area contributed by atoms with Crippen molar-refractivity contribution in [2.75, 3.05) is 10.5 Å². The molecule has 110 valence electrons. The number of rotatable bonds is 5. The lowest BCUT2D eigenvalue weighted by Crippen LogP contribution is -2.17. The molecule has 0 fully saturated rings. The topological polar surface area (TPSA) is 93.8 Å². The molecule has 21 heavy (non-hydrogen) atoms. The van der Waals surface area contributed by atoms with Crippen molar-refractivity contribution in [2.24, 2.45) is 0 Å². The molecule has 5 nitrogen and oxygen atoms in total. The van der Waals surface area contributed by atoms with Crippen molar-refractivity contribution in [1.29, 1.82) is 10.5 Å². The van der Waals surface area contributed by atoms with Crippen molar-refractivity contribution in [3.05, 3.63) is 34.9 Å². The Labute approximate surface area is 121 Å². The van der Waals surface area contributed by atoms with Gasteiger partial charge in [-0.3, -0.25) is 4.72 Å². The van der Waals surface area contributed by atoms with Crippen LogP contribution >= 0.6 is 0 Å². The van der Waals surface area contributed by atoms with Crippen LogP contribution in [0.15, 0.2) is 17.7 Å². The van der Waals surface area contributed by atoms with E-state index >= 15 is 0 Å². The SMILES string of the molecule is CCCS(=O)(=O)Nc1ccc(F)c(C=C(C#N)C#N)c1F. The Kier molecular flexibility index (Phi) is 5.39. The highest BCUT2D eigenvalue weighted by Crippen LogP contribution is 2.24. The zero-order valence-corrected chi connectivity index (χ0v) is 11.8. The number of nitrogens with zero attached hydrogens (tertiary/aromatic N) is 2. The normalized spacial score (nSPS) is 10.3. The standard InChI is InChI=1S/C13H11F2N3O2S/c1-2-5-21(19,20)18-12-4-3-11(14)10(13(12)15)6-9(7-16)8-17/h3-4,6,18H,2,5H2,1H3. The number of hydrogen-bond donors (Lipinski definition) is 1. The second-order valence-corrected chi connectivity index (χ2v) is 5.87. The molecule has 0 aliphatic carbocycles. The summed E-state index contributed by atoms with van der Waals surface area (Å²) in [5, 5.41) is 17.2. The summed E-state index contributed by atoms with van der Waals surface area (Å²) in [4.78, 5) is 0. The van der Waals surface area contributed by atoms with E-state index in [1.165, 1.54) is 12.1 Å². The molecule has 0 saturated heterocycles. The van der Waals surface area contributed by atoms with Gasteiger partial charge >= 0.3 is 0 Å². The highest BCUT2D eigenvalue weighted by atomic mass is 32.2. The summed E-state index contributed by atoms with van der Waals surface area (Å²) in [7, 11) is -3.74. The molecule has 0 unspecified atom stereocenters. The minimum atomic E-state index is -3.74. The van der Waals surface area contributed by atoms with Crippen LogP contribution in [0.2, 0.25) is 0 Å². The average Bonchev–Trinajstić information content (AvgIpc) is 2.42. The Morgan fingerprint density at radius 1 is 1.33 bits per heavy atom. The smallest absolute Gasteiger partial charge is 0.232 e. The Morgan fingerprint density at radius 2 is 1.95 bits per heavy atom. The Bertz CT molecular complexity index is 743. The van der Waals surface area contributed by atoms with Crippen molar-refractivity contribution in [3.8, 4) is 12.1 Å². The quantitative estimate of drug-likeness (QED) is 0.845. The van der Waals surface area contributed by atoms with Crippen molar-refractivity contribution in [2.45, 2.75) is 13.3 Å². The number of anilines is 1. The Balaban J connectivity index is 3.33. The van der Waals surface area contributed by atoms with Crippen molar-refractivity contribution < 1.29 is 17.2 Å². The maximum absolute atomic E-state index is 14.1. The van der Waals surface area contributed by atoms with E-state index in [4.69, 9.17) is 10.5 Å². The zero-order valence-electron chi connectivity index (χ0n) is 11.0. The molecule has 8 heteroatoms. The summed E-state index contributed by atoms with van der Waals surface area (Å²) < 4.78 is 52.9. The summed E-state index contributed by atoms with van der Waals surface area (Å²) in [6.07, 6.45) is 1.06. The van der Waals surface area contributed by atoms with Crippen LogP contribution in [0.4, 0.5) is 14.5 Å². The van der Waals surface area contributed by atoms with Crippen LogP contribution < -0.4 is 4.72 Å². The predicted octanol–water partition coefficient (Wildman–Crippen LogP) is 2.55. The first kappa shape index (κ1) is 16.6. The van der Waals surface area contributed by atoms with Gasteiger partial charge in [-0.15, -0.1) is 0 Å². The molecule has 0 aliphatic rings. The first-order valence-electron chi connectivity index (χ1n) is 5.85. The van der Waals surface area contributed by atoms with Gasteiger partial charge in [-0.05, 0) is 24.6 Å². The molecule has 0 heterocycles. The molecular formula is C13H11F2N3O2S. The summed E-state index contributed by atoms with van der Waals surface area (Å²) in [6, 6.07) is 4.73. The minimum absolute atomic E-state index is 0.212. The summed E-state index contributed by atoms with van der Waals surface area (Å²) in [5.41, 5.74) is -1.59. The first-order valence-corrected chi connectivity index (χ1v) is 7.50. The average molecular weight is 311 g/mol. The molecule has 1 aromatic carbocycles. The molecule has 0 aromatic heterocycles. The zero-order chi connectivity index (χ0) is 16.0. The van der Waals surface area contributed by atoms with Crippen LogP contribution in [0.25, 0.3) is 6.08 Å². The van der Waals surface area contributed by atoms with Crippen LogP contribution in [0.5, 0.6) is 0 Å². The van der Waals surface area contributed by atoms with E-state index in [9.17, 15) is 17.2 Å². The van der Waals surface area contributed by atoms with Gasteiger partial charge in [0, 0.05) is 0 Å². The molecular weight excluding hydrogens is 300 g/mol. The molecule has 0 spiro atoms. The van der Waals surface area contributed by atoms with Gasteiger partial charge in [-0.25, -0.2) is 17.2 Å². The van der Waals surface area contributed by atoms with Gasteiger partial charge in [0.25, 0.3) is 0 Å². The number of hydrogen-bond acceptors (Lipinski definition) is 4. The van der Waals surface area contributed by atoms with Crippen LogP contribution in [-0.2, 0) is 10.0 Å². The van der Waals surface area contributed by atoms with Gasteiger partial charge in [-0.2, -0.15) is 10.5 Å². The molecule has 0 atom stereocenters. The fraction of sp³-hybridized carbons (Fsp3) is 0.231. The Hall–Kier alpha value is -2.45. The van der Waals surface area contributed by atoms with E-state index in [1.807, 2.05) is 4.72 Å². The molecule has 0 aliphatic heterocycles. The lowest BCUT2D eigenvalue weighted by atomic mass is 10.1. The molecule has 1 rings (SSSR count). The largest absolute Gasteiger partial charge is 0.281 e. The lowest BCUT2D eigenvalue weighted by molar-refractivity contribution is 0.578. The third-order valence-electron chi connectivity index (χ3n) is 2.39. The minimum Gasteiger partial charge on any atom is -0.281 e. The third kappa shape index (κ3) is 4.26. The van der Waals surface area contributed by atoms with E-state index in [1.54, 1.807) is 6.92 Å². The van der Waals surface area contributed by atoms with E-state index in [0.717, 1.165) is 18.2 Å². The molecule has 0 bridgehead atoms. The molecule has 0 amide bonds. The van der Waals surface area contributed by atoms with Crippen LogP contribution in [0, 0.1) is 34.3 Å². The Morgan fingerprint density at radius 3 is 2.48 bits per heavy atom. The third-order valence-corrected chi connectivity index (χ3v) is 3.87. The molecule has 1 aromatic rings. The van der Waals surface area contributed by atoms with Gasteiger partial charge in [0.2, 0.25) is 10.0 Å². The predicted molar refractivity (Wildman–Crippen MR) is 73.3 cm³/mol.